The van der Waals surface area contributed by atoms with E-state index < -0.39 is 6.10 Å². The second-order valence-corrected chi connectivity index (χ2v) is 6.61. The summed E-state index contributed by atoms with van der Waals surface area (Å²) in [5, 5.41) is 25.7. The van der Waals surface area contributed by atoms with Crippen molar-refractivity contribution in [3.8, 4) is 11.9 Å². The molecular weight excluding hydrogens is 368 g/mol. The van der Waals surface area contributed by atoms with E-state index >= 15 is 0 Å². The normalized spacial score (nSPS) is 17.1. The van der Waals surface area contributed by atoms with Crippen LogP contribution in [0.5, 0.6) is 5.88 Å². The minimum Gasteiger partial charge on any atom is -0.470 e. The number of nitrogens with zero attached hydrogens (tertiary/aromatic N) is 3. The van der Waals surface area contributed by atoms with E-state index in [1.807, 2.05) is 6.07 Å². The fraction of sp³-hybridized carbons (Fsp3) is 0.286. The third kappa shape index (κ3) is 5.10. The number of aromatic nitrogens is 1. The van der Waals surface area contributed by atoms with Gasteiger partial charge in [-0.25, -0.2) is 4.98 Å². The highest BCUT2D eigenvalue weighted by atomic mass is 16.5. The van der Waals surface area contributed by atoms with Gasteiger partial charge in [-0.15, -0.1) is 0 Å². The first-order chi connectivity index (χ1) is 14.1. The Labute approximate surface area is 169 Å². The summed E-state index contributed by atoms with van der Waals surface area (Å²) in [7, 11) is 1.69. The Morgan fingerprint density at radius 1 is 1.52 bits per heavy atom. The molecule has 0 fully saturated rings. The predicted molar refractivity (Wildman–Crippen MR) is 113 cm³/mol. The lowest BCUT2D eigenvalue weighted by molar-refractivity contribution is 0.156. The zero-order chi connectivity index (χ0) is 20.6. The number of pyridine rings is 1. The van der Waals surface area contributed by atoms with E-state index in [1.54, 1.807) is 43.7 Å². The van der Waals surface area contributed by atoms with Crippen LogP contribution in [0.2, 0.25) is 0 Å². The van der Waals surface area contributed by atoms with Crippen LogP contribution in [0.25, 0.3) is 5.57 Å². The van der Waals surface area contributed by atoms with Crippen molar-refractivity contribution in [3.63, 3.8) is 0 Å². The SMILES string of the molecule is CN=C/C(=C\N)c1cnc2c(c1)NCC(CNCC(O)c1ccc(C#N)cc1)O2. The Hall–Kier alpha value is -3.41. The molecular formula is C21H24N6O2. The number of hydrogen-bond donors (Lipinski definition) is 4. The summed E-state index contributed by atoms with van der Waals surface area (Å²) >= 11 is 0. The topological polar surface area (TPSA) is 129 Å². The van der Waals surface area contributed by atoms with Crippen LogP contribution in [0.4, 0.5) is 5.69 Å². The first-order valence-electron chi connectivity index (χ1n) is 9.28. The van der Waals surface area contributed by atoms with Gasteiger partial charge in [0.1, 0.15) is 6.10 Å². The van der Waals surface area contributed by atoms with E-state index in [4.69, 9.17) is 15.7 Å². The monoisotopic (exact) mass is 392 g/mol. The van der Waals surface area contributed by atoms with Gasteiger partial charge in [-0.1, -0.05) is 12.1 Å². The van der Waals surface area contributed by atoms with Gasteiger partial charge in [0.2, 0.25) is 5.88 Å². The molecule has 0 saturated carbocycles. The zero-order valence-corrected chi connectivity index (χ0v) is 16.2. The van der Waals surface area contributed by atoms with Crippen LogP contribution in [0.1, 0.15) is 22.8 Å². The lowest BCUT2D eigenvalue weighted by Gasteiger charge is -2.27. The molecule has 29 heavy (non-hydrogen) atoms. The first-order valence-corrected chi connectivity index (χ1v) is 9.28. The lowest BCUT2D eigenvalue weighted by Crippen LogP contribution is -2.40. The van der Waals surface area contributed by atoms with Gasteiger partial charge >= 0.3 is 0 Å². The molecule has 1 aliphatic heterocycles. The average molecular weight is 392 g/mol. The van der Waals surface area contributed by atoms with Gasteiger partial charge in [0.05, 0.1) is 30.0 Å². The molecule has 8 heteroatoms. The van der Waals surface area contributed by atoms with Crippen LogP contribution in [0.15, 0.2) is 47.7 Å². The Kier molecular flexibility index (Phi) is 6.79. The molecule has 2 unspecified atom stereocenters. The van der Waals surface area contributed by atoms with Gasteiger partial charge < -0.3 is 26.2 Å². The highest BCUT2D eigenvalue weighted by Crippen LogP contribution is 2.29. The number of aliphatic imine (C=N–C) groups is 1. The first kappa shape index (κ1) is 20.3. The molecule has 1 aromatic heterocycles. The minimum atomic E-state index is -0.658. The number of ether oxygens (including phenoxy) is 1. The van der Waals surface area contributed by atoms with E-state index in [9.17, 15) is 5.11 Å². The molecule has 2 heterocycles. The summed E-state index contributed by atoms with van der Waals surface area (Å²) in [5.41, 5.74) is 9.43. The number of benzene rings is 1. The smallest absolute Gasteiger partial charge is 0.237 e. The van der Waals surface area contributed by atoms with Crippen LogP contribution in [-0.4, -0.2) is 49.1 Å². The molecule has 0 saturated heterocycles. The van der Waals surface area contributed by atoms with E-state index in [0.717, 1.165) is 22.4 Å². The third-order valence-electron chi connectivity index (χ3n) is 4.56. The number of nitrogens with one attached hydrogen (secondary N) is 2. The van der Waals surface area contributed by atoms with E-state index in [1.165, 1.54) is 6.20 Å². The number of allylic oxidation sites excluding steroid dienone is 1. The molecule has 0 amide bonds. The van der Waals surface area contributed by atoms with E-state index in [0.29, 0.717) is 31.1 Å². The maximum absolute atomic E-state index is 10.3. The third-order valence-corrected chi connectivity index (χ3v) is 4.56. The number of nitriles is 1. The molecule has 0 radical (unpaired) electrons. The Morgan fingerprint density at radius 2 is 2.31 bits per heavy atom. The molecule has 2 atom stereocenters. The van der Waals surface area contributed by atoms with Crippen LogP contribution < -0.4 is 21.1 Å². The highest BCUT2D eigenvalue weighted by Gasteiger charge is 2.21. The quantitative estimate of drug-likeness (QED) is 0.525. The van der Waals surface area contributed by atoms with Crippen LogP contribution in [0.3, 0.4) is 0 Å². The summed E-state index contributed by atoms with van der Waals surface area (Å²) in [5.74, 6) is 0.532. The standard InChI is InChI=1S/C21H24N6O2/c1-24-9-17(8-23)16-6-19-21(27-10-16)29-18(12-26-19)11-25-13-20(28)15-4-2-14(7-22)3-5-15/h2-6,8-10,18,20,25-26,28H,11-13,23H2,1H3/b17-8+,24-9?. The summed E-state index contributed by atoms with van der Waals surface area (Å²) in [6, 6.07) is 10.9. The molecule has 2 aromatic rings. The number of aliphatic hydroxyl groups excluding tert-OH is 1. The van der Waals surface area contributed by atoms with Crippen molar-refractivity contribution in [2.75, 3.05) is 32.0 Å². The average Bonchev–Trinajstić information content (AvgIpc) is 2.77. The summed E-state index contributed by atoms with van der Waals surface area (Å²) in [6.07, 6.45) is 4.10. The van der Waals surface area contributed by atoms with Gasteiger partial charge in [-0.3, -0.25) is 4.99 Å². The number of fused-ring (bicyclic) bond motifs is 1. The van der Waals surface area contributed by atoms with E-state index in [2.05, 4.69) is 26.7 Å². The molecule has 8 nitrogen and oxygen atoms in total. The van der Waals surface area contributed by atoms with Crippen molar-refractivity contribution in [1.82, 2.24) is 10.3 Å². The summed E-state index contributed by atoms with van der Waals surface area (Å²) in [6.45, 7) is 1.55. The molecule has 1 aromatic carbocycles. The lowest BCUT2D eigenvalue weighted by atomic mass is 10.1. The van der Waals surface area contributed by atoms with Crippen LogP contribution >= 0.6 is 0 Å². The summed E-state index contributed by atoms with van der Waals surface area (Å²) < 4.78 is 5.94. The Bertz CT molecular complexity index is 933. The second kappa shape index (κ2) is 9.68. The molecule has 3 rings (SSSR count). The maximum atomic E-state index is 10.3. The molecule has 1 aliphatic rings. The second-order valence-electron chi connectivity index (χ2n) is 6.61. The molecule has 0 aliphatic carbocycles. The van der Waals surface area contributed by atoms with Crippen molar-refractivity contribution < 1.29 is 9.84 Å². The zero-order valence-electron chi connectivity index (χ0n) is 16.2. The molecule has 5 N–H and O–H groups in total. The van der Waals surface area contributed by atoms with Crippen molar-refractivity contribution in [2.45, 2.75) is 12.2 Å². The van der Waals surface area contributed by atoms with Gasteiger partial charge in [0, 0.05) is 49.9 Å². The molecule has 150 valence electrons. The fourth-order valence-corrected chi connectivity index (χ4v) is 3.00. The predicted octanol–water partition coefficient (Wildman–Crippen LogP) is 1.45. The number of hydrogen-bond acceptors (Lipinski definition) is 8. The van der Waals surface area contributed by atoms with Crippen molar-refractivity contribution in [2.24, 2.45) is 10.7 Å². The van der Waals surface area contributed by atoms with Gasteiger partial charge in [0.25, 0.3) is 0 Å². The Morgan fingerprint density at radius 3 is 3.00 bits per heavy atom. The number of anilines is 1. The number of nitrogens with two attached hydrogens (primary N) is 1. The van der Waals surface area contributed by atoms with Gasteiger partial charge in [0.15, 0.2) is 0 Å². The molecule has 0 spiro atoms. The van der Waals surface area contributed by atoms with Crippen molar-refractivity contribution in [1.29, 1.82) is 5.26 Å². The van der Waals surface area contributed by atoms with Gasteiger partial charge in [-0.05, 0) is 23.8 Å². The Balaban J connectivity index is 1.53. The van der Waals surface area contributed by atoms with Crippen LogP contribution in [-0.2, 0) is 0 Å². The van der Waals surface area contributed by atoms with Gasteiger partial charge in [-0.2, -0.15) is 5.26 Å². The number of rotatable bonds is 7. The highest BCUT2D eigenvalue weighted by molar-refractivity contribution is 6.09. The maximum Gasteiger partial charge on any atom is 0.237 e. The van der Waals surface area contributed by atoms with E-state index in [-0.39, 0.29) is 6.10 Å². The fourth-order valence-electron chi connectivity index (χ4n) is 3.00. The van der Waals surface area contributed by atoms with Crippen molar-refractivity contribution in [3.05, 3.63) is 59.4 Å². The number of aliphatic hydroxyl groups is 1. The van der Waals surface area contributed by atoms with Crippen molar-refractivity contribution >= 4 is 17.5 Å². The summed E-state index contributed by atoms with van der Waals surface area (Å²) in [4.78, 5) is 8.37. The minimum absolute atomic E-state index is 0.115. The molecule has 0 bridgehead atoms. The van der Waals surface area contributed by atoms with Crippen LogP contribution in [0, 0.1) is 11.3 Å². The largest absolute Gasteiger partial charge is 0.470 e.